The van der Waals surface area contributed by atoms with E-state index in [1.807, 2.05) is 6.92 Å². The summed E-state index contributed by atoms with van der Waals surface area (Å²) in [5.74, 6) is 0.488. The van der Waals surface area contributed by atoms with Crippen molar-refractivity contribution >= 4 is 33.3 Å². The quantitative estimate of drug-likeness (QED) is 0.741. The summed E-state index contributed by atoms with van der Waals surface area (Å²) >= 11 is 9.23. The largest absolute Gasteiger partial charge is 0.492 e. The standard InChI is InChI=1S/C15H13BrClNO2/c1-2-5-20-12-6-11(8-18-9-12)15(19)10-3-4-14(17)13(16)7-10/h3-4,6-9H,2,5H2,1H3. The molecule has 0 spiro atoms. The molecule has 0 saturated carbocycles. The zero-order valence-corrected chi connectivity index (χ0v) is 13.2. The van der Waals surface area contributed by atoms with Crippen LogP contribution in [0.25, 0.3) is 0 Å². The lowest BCUT2D eigenvalue weighted by molar-refractivity contribution is 0.103. The second-order valence-corrected chi connectivity index (χ2v) is 5.48. The molecule has 3 nitrogen and oxygen atoms in total. The van der Waals surface area contributed by atoms with Crippen molar-refractivity contribution in [2.24, 2.45) is 0 Å². The Balaban J connectivity index is 2.26. The van der Waals surface area contributed by atoms with Crippen LogP contribution >= 0.6 is 27.5 Å². The van der Waals surface area contributed by atoms with Gasteiger partial charge in [-0.2, -0.15) is 0 Å². The fourth-order valence-corrected chi connectivity index (χ4v) is 2.14. The fourth-order valence-electron chi connectivity index (χ4n) is 1.65. The van der Waals surface area contributed by atoms with Crippen molar-refractivity contribution in [2.45, 2.75) is 13.3 Å². The van der Waals surface area contributed by atoms with Gasteiger partial charge in [-0.1, -0.05) is 18.5 Å². The minimum atomic E-state index is -0.114. The Kier molecular flexibility index (Phi) is 5.15. The number of halogens is 2. The number of aromatic nitrogens is 1. The molecule has 104 valence electrons. The Morgan fingerprint density at radius 3 is 2.80 bits per heavy atom. The first-order valence-electron chi connectivity index (χ1n) is 6.19. The predicted molar refractivity (Wildman–Crippen MR) is 82.6 cm³/mol. The van der Waals surface area contributed by atoms with E-state index < -0.39 is 0 Å². The van der Waals surface area contributed by atoms with Crippen LogP contribution in [0.1, 0.15) is 29.3 Å². The van der Waals surface area contributed by atoms with Gasteiger partial charge in [0.1, 0.15) is 5.75 Å². The molecule has 0 amide bonds. The molecule has 0 aliphatic heterocycles. The van der Waals surface area contributed by atoms with Crippen LogP contribution in [0.15, 0.2) is 41.1 Å². The Morgan fingerprint density at radius 1 is 1.30 bits per heavy atom. The first kappa shape index (κ1) is 15.0. The van der Waals surface area contributed by atoms with E-state index >= 15 is 0 Å². The molecule has 0 saturated heterocycles. The molecule has 1 aromatic heterocycles. The number of benzene rings is 1. The molecule has 0 fully saturated rings. The van der Waals surface area contributed by atoms with Crippen molar-refractivity contribution in [3.05, 3.63) is 57.3 Å². The molecule has 2 aromatic rings. The SMILES string of the molecule is CCCOc1cncc(C(=O)c2ccc(Cl)c(Br)c2)c1. The van der Waals surface area contributed by atoms with Crippen LogP contribution in [0.2, 0.25) is 5.02 Å². The molecule has 2 rings (SSSR count). The van der Waals surface area contributed by atoms with Crippen LogP contribution in [-0.4, -0.2) is 17.4 Å². The summed E-state index contributed by atoms with van der Waals surface area (Å²) in [5, 5.41) is 0.569. The molecule has 0 bridgehead atoms. The molecule has 0 atom stereocenters. The highest BCUT2D eigenvalue weighted by Gasteiger charge is 2.12. The van der Waals surface area contributed by atoms with Crippen LogP contribution in [-0.2, 0) is 0 Å². The maximum absolute atomic E-state index is 12.4. The first-order chi connectivity index (χ1) is 9.61. The van der Waals surface area contributed by atoms with Crippen molar-refractivity contribution in [2.75, 3.05) is 6.61 Å². The van der Waals surface area contributed by atoms with Crippen LogP contribution in [0.4, 0.5) is 0 Å². The third kappa shape index (κ3) is 3.58. The smallest absolute Gasteiger partial charge is 0.194 e. The molecule has 1 heterocycles. The summed E-state index contributed by atoms with van der Waals surface area (Å²) in [6, 6.07) is 6.77. The van der Waals surface area contributed by atoms with Gasteiger partial charge in [0.25, 0.3) is 0 Å². The van der Waals surface area contributed by atoms with E-state index in [2.05, 4.69) is 20.9 Å². The maximum Gasteiger partial charge on any atom is 0.194 e. The monoisotopic (exact) mass is 353 g/mol. The summed E-state index contributed by atoms with van der Waals surface area (Å²) in [6.45, 7) is 2.62. The number of ketones is 1. The number of carbonyl (C=O) groups is 1. The highest BCUT2D eigenvalue weighted by Crippen LogP contribution is 2.25. The molecule has 5 heteroatoms. The highest BCUT2D eigenvalue weighted by molar-refractivity contribution is 9.10. The van der Waals surface area contributed by atoms with Crippen LogP contribution in [0.5, 0.6) is 5.75 Å². The number of rotatable bonds is 5. The van der Waals surface area contributed by atoms with Crippen LogP contribution in [0.3, 0.4) is 0 Å². The normalized spacial score (nSPS) is 10.3. The Labute approximate surface area is 131 Å². The zero-order valence-electron chi connectivity index (χ0n) is 10.9. The van der Waals surface area contributed by atoms with Crippen LogP contribution in [0, 0.1) is 0 Å². The first-order valence-corrected chi connectivity index (χ1v) is 7.36. The van der Waals surface area contributed by atoms with E-state index in [1.54, 1.807) is 30.5 Å². The summed E-state index contributed by atoms with van der Waals surface area (Å²) in [4.78, 5) is 16.4. The number of carbonyl (C=O) groups excluding carboxylic acids is 1. The average molecular weight is 355 g/mol. The molecule has 0 aliphatic carbocycles. The van der Waals surface area contributed by atoms with E-state index in [0.717, 1.165) is 6.42 Å². The van der Waals surface area contributed by atoms with Gasteiger partial charge in [-0.25, -0.2) is 0 Å². The Hall–Kier alpha value is -1.39. The van der Waals surface area contributed by atoms with Crippen molar-refractivity contribution in [3.63, 3.8) is 0 Å². The molecular weight excluding hydrogens is 342 g/mol. The van der Waals surface area contributed by atoms with Gasteiger partial charge in [0.05, 0.1) is 17.8 Å². The lowest BCUT2D eigenvalue weighted by Gasteiger charge is -2.06. The molecule has 0 N–H and O–H groups in total. The number of ether oxygens (including phenoxy) is 1. The van der Waals surface area contributed by atoms with E-state index in [0.29, 0.717) is 33.0 Å². The van der Waals surface area contributed by atoms with E-state index in [9.17, 15) is 4.79 Å². The minimum absolute atomic E-state index is 0.114. The van der Waals surface area contributed by atoms with E-state index in [-0.39, 0.29) is 5.78 Å². The van der Waals surface area contributed by atoms with Crippen LogP contribution < -0.4 is 4.74 Å². The van der Waals surface area contributed by atoms with E-state index in [4.69, 9.17) is 16.3 Å². The average Bonchev–Trinajstić information content (AvgIpc) is 2.47. The summed E-state index contributed by atoms with van der Waals surface area (Å²) in [6.07, 6.45) is 4.04. The van der Waals surface area contributed by atoms with Gasteiger partial charge in [-0.05, 0) is 46.6 Å². The highest BCUT2D eigenvalue weighted by atomic mass is 79.9. The second-order valence-electron chi connectivity index (χ2n) is 4.22. The van der Waals surface area contributed by atoms with Crippen molar-refractivity contribution in [3.8, 4) is 5.75 Å². The van der Waals surface area contributed by atoms with Gasteiger partial charge in [-0.15, -0.1) is 0 Å². The van der Waals surface area contributed by atoms with Gasteiger partial charge in [0.15, 0.2) is 5.78 Å². The van der Waals surface area contributed by atoms with Gasteiger partial charge < -0.3 is 4.74 Å². The molecule has 20 heavy (non-hydrogen) atoms. The lowest BCUT2D eigenvalue weighted by atomic mass is 10.1. The molecule has 0 radical (unpaired) electrons. The lowest BCUT2D eigenvalue weighted by Crippen LogP contribution is -2.03. The summed E-state index contributed by atoms with van der Waals surface area (Å²) < 4.78 is 6.17. The number of nitrogens with zero attached hydrogens (tertiary/aromatic N) is 1. The Morgan fingerprint density at radius 2 is 2.10 bits per heavy atom. The van der Waals surface area contributed by atoms with Crippen molar-refractivity contribution in [1.82, 2.24) is 4.98 Å². The number of pyridine rings is 1. The zero-order chi connectivity index (χ0) is 14.5. The predicted octanol–water partition coefficient (Wildman–Crippen LogP) is 4.52. The van der Waals surface area contributed by atoms with Crippen molar-refractivity contribution < 1.29 is 9.53 Å². The van der Waals surface area contributed by atoms with Gasteiger partial charge in [0, 0.05) is 21.8 Å². The van der Waals surface area contributed by atoms with Crippen molar-refractivity contribution in [1.29, 1.82) is 0 Å². The maximum atomic E-state index is 12.4. The number of hydrogen-bond acceptors (Lipinski definition) is 3. The van der Waals surface area contributed by atoms with Gasteiger partial charge in [0.2, 0.25) is 0 Å². The topological polar surface area (TPSA) is 39.2 Å². The summed E-state index contributed by atoms with van der Waals surface area (Å²) in [7, 11) is 0. The molecule has 1 aromatic carbocycles. The summed E-state index contributed by atoms with van der Waals surface area (Å²) in [5.41, 5.74) is 1.04. The van der Waals surface area contributed by atoms with Gasteiger partial charge >= 0.3 is 0 Å². The second kappa shape index (κ2) is 6.86. The van der Waals surface area contributed by atoms with Gasteiger partial charge in [-0.3, -0.25) is 9.78 Å². The molecule has 0 aliphatic rings. The molecule has 0 unspecified atom stereocenters. The number of hydrogen-bond donors (Lipinski definition) is 0. The molecular formula is C15H13BrClNO2. The Bertz CT molecular complexity index is 631. The van der Waals surface area contributed by atoms with E-state index in [1.165, 1.54) is 6.20 Å². The third-order valence-electron chi connectivity index (χ3n) is 2.63. The fraction of sp³-hybridized carbons (Fsp3) is 0.200. The third-order valence-corrected chi connectivity index (χ3v) is 3.84. The minimum Gasteiger partial charge on any atom is -0.492 e.